The third-order valence-electron chi connectivity index (χ3n) is 1.67. The Labute approximate surface area is 76.5 Å². The maximum Gasteiger partial charge on any atom is 0.146 e. The van der Waals surface area contributed by atoms with Gasteiger partial charge < -0.3 is 10.6 Å². The van der Waals surface area contributed by atoms with Crippen molar-refractivity contribution in [1.29, 1.82) is 5.41 Å². The fraction of sp³-hybridized carbons (Fsp3) is 0.222. The highest BCUT2D eigenvalue weighted by atomic mass is 19.1. The first-order valence-electron chi connectivity index (χ1n) is 3.90. The monoisotopic (exact) mass is 181 g/mol. The number of nitrogens with two attached hydrogens (primary N) is 1. The first kappa shape index (κ1) is 9.51. The van der Waals surface area contributed by atoms with E-state index in [2.05, 4.69) is 0 Å². The van der Waals surface area contributed by atoms with Crippen LogP contribution in [0.25, 0.3) is 0 Å². The van der Waals surface area contributed by atoms with E-state index in [-0.39, 0.29) is 18.2 Å². The van der Waals surface area contributed by atoms with Gasteiger partial charge in [0.15, 0.2) is 0 Å². The Morgan fingerprint density at radius 2 is 2.15 bits per heavy atom. The van der Waals surface area contributed by atoms with Crippen LogP contribution in [0.3, 0.4) is 0 Å². The average molecular weight is 181 g/mol. The molecule has 4 heteroatoms. The number of anilines is 1. The van der Waals surface area contributed by atoms with Crippen LogP contribution in [0.1, 0.15) is 0 Å². The highest BCUT2D eigenvalue weighted by molar-refractivity contribution is 5.82. The second-order valence-corrected chi connectivity index (χ2v) is 2.83. The highest BCUT2D eigenvalue weighted by Gasteiger charge is 2.06. The molecule has 0 radical (unpaired) electrons. The van der Waals surface area contributed by atoms with Gasteiger partial charge in [-0.1, -0.05) is 12.1 Å². The fourth-order valence-electron chi connectivity index (χ4n) is 1.10. The summed E-state index contributed by atoms with van der Waals surface area (Å²) < 4.78 is 13.1. The molecule has 0 atom stereocenters. The number of para-hydroxylation sites is 1. The Morgan fingerprint density at radius 1 is 1.54 bits per heavy atom. The summed E-state index contributed by atoms with van der Waals surface area (Å²) in [5.74, 6) is -0.281. The molecule has 0 spiro atoms. The topological polar surface area (TPSA) is 53.1 Å². The van der Waals surface area contributed by atoms with Crippen molar-refractivity contribution in [2.45, 2.75) is 0 Å². The Kier molecular flexibility index (Phi) is 2.84. The van der Waals surface area contributed by atoms with Crippen molar-refractivity contribution in [3.8, 4) is 0 Å². The number of hydrogen-bond donors (Lipinski definition) is 2. The van der Waals surface area contributed by atoms with E-state index >= 15 is 0 Å². The number of hydrogen-bond acceptors (Lipinski definition) is 2. The second-order valence-electron chi connectivity index (χ2n) is 2.83. The van der Waals surface area contributed by atoms with Gasteiger partial charge in [0.1, 0.15) is 11.7 Å². The molecule has 1 aromatic rings. The zero-order valence-corrected chi connectivity index (χ0v) is 7.42. The summed E-state index contributed by atoms with van der Waals surface area (Å²) in [5, 5.41) is 7.06. The van der Waals surface area contributed by atoms with Gasteiger partial charge in [0.25, 0.3) is 0 Å². The van der Waals surface area contributed by atoms with E-state index in [1.165, 1.54) is 6.07 Å². The average Bonchev–Trinajstić information content (AvgIpc) is 2.03. The predicted molar refractivity (Wildman–Crippen MR) is 51.6 cm³/mol. The lowest BCUT2D eigenvalue weighted by Crippen LogP contribution is -2.30. The Morgan fingerprint density at radius 3 is 2.69 bits per heavy atom. The van der Waals surface area contributed by atoms with Crippen LogP contribution in [0.15, 0.2) is 24.3 Å². The van der Waals surface area contributed by atoms with Crippen molar-refractivity contribution in [2.24, 2.45) is 5.73 Å². The van der Waals surface area contributed by atoms with Crippen molar-refractivity contribution in [2.75, 3.05) is 18.5 Å². The van der Waals surface area contributed by atoms with Crippen molar-refractivity contribution in [3.63, 3.8) is 0 Å². The molecule has 0 aliphatic rings. The molecule has 0 saturated heterocycles. The van der Waals surface area contributed by atoms with Gasteiger partial charge >= 0.3 is 0 Å². The summed E-state index contributed by atoms with van der Waals surface area (Å²) in [4.78, 5) is 1.59. The molecule has 3 nitrogen and oxygen atoms in total. The molecular weight excluding hydrogens is 169 g/mol. The Bertz CT molecular complexity index is 311. The molecule has 0 unspecified atom stereocenters. The van der Waals surface area contributed by atoms with Gasteiger partial charge in [-0.3, -0.25) is 5.41 Å². The zero-order chi connectivity index (χ0) is 9.84. The molecule has 0 heterocycles. The lowest BCUT2D eigenvalue weighted by Gasteiger charge is -2.18. The lowest BCUT2D eigenvalue weighted by molar-refractivity contribution is 0.625. The van der Waals surface area contributed by atoms with Gasteiger partial charge in [-0.15, -0.1) is 0 Å². The third kappa shape index (κ3) is 2.43. The van der Waals surface area contributed by atoms with E-state index in [0.29, 0.717) is 5.69 Å². The standard InChI is InChI=1S/C9H12FN3/c1-13(6-9(11)12)8-5-3-2-4-7(8)10/h2-5H,6H2,1H3,(H3,11,12). The first-order chi connectivity index (χ1) is 6.11. The van der Waals surface area contributed by atoms with Crippen LogP contribution < -0.4 is 10.6 Å². The molecule has 0 saturated carbocycles. The molecule has 13 heavy (non-hydrogen) atoms. The summed E-state index contributed by atoms with van der Waals surface area (Å²) in [7, 11) is 1.69. The molecule has 0 aromatic heterocycles. The number of nitrogens with zero attached hydrogens (tertiary/aromatic N) is 1. The molecule has 0 aliphatic carbocycles. The van der Waals surface area contributed by atoms with Crippen LogP contribution in [0.2, 0.25) is 0 Å². The number of rotatable bonds is 3. The Hall–Kier alpha value is -1.58. The van der Waals surface area contributed by atoms with Gasteiger partial charge in [0.2, 0.25) is 0 Å². The van der Waals surface area contributed by atoms with Gasteiger partial charge in [0, 0.05) is 7.05 Å². The molecule has 3 N–H and O–H groups in total. The fourth-order valence-corrected chi connectivity index (χ4v) is 1.10. The minimum atomic E-state index is -0.300. The molecule has 0 amide bonds. The minimum absolute atomic E-state index is 0.0192. The van der Waals surface area contributed by atoms with Crippen LogP contribution in [0.5, 0.6) is 0 Å². The smallest absolute Gasteiger partial charge is 0.146 e. The van der Waals surface area contributed by atoms with E-state index in [4.69, 9.17) is 11.1 Å². The van der Waals surface area contributed by atoms with E-state index in [1.54, 1.807) is 30.1 Å². The van der Waals surface area contributed by atoms with Crippen LogP contribution in [0.4, 0.5) is 10.1 Å². The summed E-state index contributed by atoms with van der Waals surface area (Å²) in [6.07, 6.45) is 0. The van der Waals surface area contributed by atoms with Crippen molar-refractivity contribution in [3.05, 3.63) is 30.1 Å². The number of amidine groups is 1. The van der Waals surface area contributed by atoms with Gasteiger partial charge in [0.05, 0.1) is 12.2 Å². The van der Waals surface area contributed by atoms with Gasteiger partial charge in [-0.25, -0.2) is 4.39 Å². The van der Waals surface area contributed by atoms with E-state index < -0.39 is 0 Å². The van der Waals surface area contributed by atoms with Crippen LogP contribution in [-0.2, 0) is 0 Å². The highest BCUT2D eigenvalue weighted by Crippen LogP contribution is 2.16. The molecule has 1 rings (SSSR count). The summed E-state index contributed by atoms with van der Waals surface area (Å²) in [6.45, 7) is 0.237. The van der Waals surface area contributed by atoms with Crippen LogP contribution >= 0.6 is 0 Å². The minimum Gasteiger partial charge on any atom is -0.386 e. The normalized spacial score (nSPS) is 9.69. The van der Waals surface area contributed by atoms with Gasteiger partial charge in [-0.2, -0.15) is 0 Å². The predicted octanol–water partition coefficient (Wildman–Crippen LogP) is 1.20. The summed E-state index contributed by atoms with van der Waals surface area (Å²) >= 11 is 0. The Balaban J connectivity index is 2.82. The molecule has 0 fully saturated rings. The molecular formula is C9H12FN3. The number of likely N-dealkylation sites (N-methyl/N-ethyl adjacent to an activating group) is 1. The molecule has 0 bridgehead atoms. The molecule has 70 valence electrons. The van der Waals surface area contributed by atoms with Crippen molar-refractivity contribution >= 4 is 11.5 Å². The summed E-state index contributed by atoms with van der Waals surface area (Å²) in [6, 6.07) is 6.40. The number of halogens is 1. The molecule has 1 aromatic carbocycles. The first-order valence-corrected chi connectivity index (χ1v) is 3.90. The number of nitrogens with one attached hydrogen (secondary N) is 1. The van der Waals surface area contributed by atoms with E-state index in [1.807, 2.05) is 0 Å². The van der Waals surface area contributed by atoms with E-state index in [9.17, 15) is 4.39 Å². The van der Waals surface area contributed by atoms with Crippen molar-refractivity contribution in [1.82, 2.24) is 0 Å². The van der Waals surface area contributed by atoms with Crippen LogP contribution in [-0.4, -0.2) is 19.4 Å². The number of benzene rings is 1. The van der Waals surface area contributed by atoms with Gasteiger partial charge in [-0.05, 0) is 12.1 Å². The lowest BCUT2D eigenvalue weighted by atomic mass is 10.3. The quantitative estimate of drug-likeness (QED) is 0.543. The second kappa shape index (κ2) is 3.89. The summed E-state index contributed by atoms with van der Waals surface area (Å²) in [5.41, 5.74) is 5.66. The zero-order valence-electron chi connectivity index (χ0n) is 7.42. The van der Waals surface area contributed by atoms with E-state index in [0.717, 1.165) is 0 Å². The van der Waals surface area contributed by atoms with Crippen molar-refractivity contribution < 1.29 is 4.39 Å². The third-order valence-corrected chi connectivity index (χ3v) is 1.67. The molecule has 0 aliphatic heterocycles. The SMILES string of the molecule is CN(CC(=N)N)c1ccccc1F. The maximum atomic E-state index is 13.1. The van der Waals surface area contributed by atoms with Crippen LogP contribution in [0, 0.1) is 11.2 Å². The maximum absolute atomic E-state index is 13.1. The largest absolute Gasteiger partial charge is 0.386 e.